The predicted octanol–water partition coefficient (Wildman–Crippen LogP) is 5.04. The van der Waals surface area contributed by atoms with Gasteiger partial charge < -0.3 is 9.84 Å². The molecule has 0 unspecified atom stereocenters. The molecular formula is C20H23ClN2O3. The molecule has 0 saturated heterocycles. The Hall–Kier alpha value is -2.27. The first-order valence-electron chi connectivity index (χ1n) is 8.87. The summed E-state index contributed by atoms with van der Waals surface area (Å²) in [7, 11) is 0. The molecule has 0 radical (unpaired) electrons. The summed E-state index contributed by atoms with van der Waals surface area (Å²) in [5.74, 6) is 0.103. The van der Waals surface area contributed by atoms with Crippen LogP contribution < -0.4 is 4.74 Å². The maximum Gasteiger partial charge on any atom is 0.157 e. The molecule has 138 valence electrons. The number of aromatic hydroxyl groups is 1. The van der Waals surface area contributed by atoms with Crippen LogP contribution in [0.15, 0.2) is 30.0 Å². The number of carbonyl (C=O) groups is 1. The minimum Gasteiger partial charge on any atom is -0.505 e. The lowest BCUT2D eigenvalue weighted by molar-refractivity contribution is 0.111. The highest BCUT2D eigenvalue weighted by atomic mass is 35.5. The number of halogens is 1. The van der Waals surface area contributed by atoms with Gasteiger partial charge in [-0.25, -0.2) is 0 Å². The summed E-state index contributed by atoms with van der Waals surface area (Å²) in [5, 5.41) is 14.5. The van der Waals surface area contributed by atoms with Crippen LogP contribution >= 0.6 is 11.6 Å². The summed E-state index contributed by atoms with van der Waals surface area (Å²) in [6, 6.07) is 5.48. The number of aldehydes is 1. The number of phenolic OH excluding ortho intramolecular Hbond substituents is 1. The van der Waals surface area contributed by atoms with E-state index >= 15 is 0 Å². The zero-order valence-electron chi connectivity index (χ0n) is 15.0. The summed E-state index contributed by atoms with van der Waals surface area (Å²) in [6.45, 7) is 4.60. The summed E-state index contributed by atoms with van der Waals surface area (Å²) >= 11 is 5.87. The molecule has 1 N–H and O–H groups in total. The molecule has 0 spiro atoms. The van der Waals surface area contributed by atoms with Crippen molar-refractivity contribution >= 4 is 23.5 Å². The quantitative estimate of drug-likeness (QED) is 0.719. The third-order valence-corrected chi connectivity index (χ3v) is 5.00. The Morgan fingerprint density at radius 1 is 1.31 bits per heavy atom. The first-order chi connectivity index (χ1) is 12.5. The van der Waals surface area contributed by atoms with E-state index in [-0.39, 0.29) is 22.4 Å². The first kappa shape index (κ1) is 18.5. The zero-order valence-corrected chi connectivity index (χ0v) is 15.8. The molecule has 1 aromatic heterocycles. The van der Waals surface area contributed by atoms with E-state index in [2.05, 4.69) is 18.9 Å². The van der Waals surface area contributed by atoms with Crippen LogP contribution in [0.1, 0.15) is 61.6 Å². The fourth-order valence-corrected chi connectivity index (χ4v) is 3.53. The summed E-state index contributed by atoms with van der Waals surface area (Å²) in [6.07, 6.45) is 6.60. The first-order valence-corrected chi connectivity index (χ1v) is 9.25. The smallest absolute Gasteiger partial charge is 0.157 e. The van der Waals surface area contributed by atoms with Crippen molar-refractivity contribution in [3.8, 4) is 11.5 Å². The van der Waals surface area contributed by atoms with Crippen molar-refractivity contribution in [2.24, 2.45) is 0 Å². The van der Waals surface area contributed by atoms with E-state index in [1.165, 1.54) is 17.2 Å². The monoisotopic (exact) mass is 374 g/mol. The molecule has 0 aliphatic heterocycles. The lowest BCUT2D eigenvalue weighted by Gasteiger charge is -2.23. The van der Waals surface area contributed by atoms with Crippen molar-refractivity contribution in [3.63, 3.8) is 0 Å². The minimum absolute atomic E-state index is 0.0858. The molecule has 1 aliphatic carbocycles. The predicted molar refractivity (Wildman–Crippen MR) is 102 cm³/mol. The van der Waals surface area contributed by atoms with E-state index in [0.29, 0.717) is 18.6 Å². The second-order valence-corrected chi connectivity index (χ2v) is 7.17. The number of hydrogen-bond donors (Lipinski definition) is 1. The van der Waals surface area contributed by atoms with Gasteiger partial charge in [-0.3, -0.25) is 9.48 Å². The number of rotatable bonds is 6. The molecule has 0 saturated carbocycles. The van der Waals surface area contributed by atoms with Gasteiger partial charge >= 0.3 is 0 Å². The van der Waals surface area contributed by atoms with Gasteiger partial charge in [0.2, 0.25) is 0 Å². The van der Waals surface area contributed by atoms with E-state index in [0.717, 1.165) is 31.4 Å². The standard InChI is InChI=1S/C20H23ClN2O3/c1-13(2)23-18(9-10-22-23)15-6-4-3-5-14(15)12-26-19-8-7-17(21)20(25)16(19)11-24/h7-11,13,25H,3-6,12H2,1-2H3. The molecule has 5 nitrogen and oxygen atoms in total. The summed E-state index contributed by atoms with van der Waals surface area (Å²) in [4.78, 5) is 11.3. The van der Waals surface area contributed by atoms with Gasteiger partial charge in [-0.1, -0.05) is 11.6 Å². The molecule has 0 amide bonds. The molecule has 1 aromatic carbocycles. The molecule has 0 fully saturated rings. The van der Waals surface area contributed by atoms with Crippen molar-refractivity contribution in [1.29, 1.82) is 0 Å². The second-order valence-electron chi connectivity index (χ2n) is 6.76. The Kier molecular flexibility index (Phi) is 5.67. The molecule has 6 heteroatoms. The molecule has 26 heavy (non-hydrogen) atoms. The van der Waals surface area contributed by atoms with Gasteiger partial charge in [0.1, 0.15) is 18.1 Å². The third kappa shape index (κ3) is 3.63. The van der Waals surface area contributed by atoms with Crippen molar-refractivity contribution in [2.75, 3.05) is 6.61 Å². The van der Waals surface area contributed by atoms with Crippen LogP contribution in [0.2, 0.25) is 5.02 Å². The Labute approximate surface area is 158 Å². The van der Waals surface area contributed by atoms with Crippen LogP contribution in [0.3, 0.4) is 0 Å². The van der Waals surface area contributed by atoms with E-state index in [4.69, 9.17) is 16.3 Å². The summed E-state index contributed by atoms with van der Waals surface area (Å²) < 4.78 is 7.93. The Balaban J connectivity index is 1.90. The van der Waals surface area contributed by atoms with Crippen molar-refractivity contribution in [3.05, 3.63) is 46.2 Å². The number of hydrogen-bond acceptors (Lipinski definition) is 4. The zero-order chi connectivity index (χ0) is 18.7. The molecule has 2 aromatic rings. The number of nitrogens with zero attached hydrogens (tertiary/aromatic N) is 2. The molecule has 3 rings (SSSR count). The molecular weight excluding hydrogens is 352 g/mol. The third-order valence-electron chi connectivity index (χ3n) is 4.70. The number of phenols is 1. The minimum atomic E-state index is -0.241. The van der Waals surface area contributed by atoms with E-state index in [9.17, 15) is 9.90 Å². The van der Waals surface area contributed by atoms with Gasteiger partial charge in [-0.15, -0.1) is 0 Å². The van der Waals surface area contributed by atoms with Crippen molar-refractivity contribution < 1.29 is 14.6 Å². The van der Waals surface area contributed by atoms with Crippen molar-refractivity contribution in [2.45, 2.75) is 45.6 Å². The van der Waals surface area contributed by atoms with Crippen LogP contribution in [0.5, 0.6) is 11.5 Å². The largest absolute Gasteiger partial charge is 0.505 e. The van der Waals surface area contributed by atoms with Crippen LogP contribution in [-0.2, 0) is 0 Å². The maximum atomic E-state index is 11.3. The molecule has 0 bridgehead atoms. The Bertz CT molecular complexity index is 840. The number of carbonyl (C=O) groups excluding carboxylic acids is 1. The highest BCUT2D eigenvalue weighted by Crippen LogP contribution is 2.36. The van der Waals surface area contributed by atoms with Gasteiger partial charge in [0.05, 0.1) is 16.3 Å². The molecule has 1 aliphatic rings. The fourth-order valence-electron chi connectivity index (χ4n) is 3.37. The lowest BCUT2D eigenvalue weighted by Crippen LogP contribution is -2.13. The van der Waals surface area contributed by atoms with Crippen molar-refractivity contribution in [1.82, 2.24) is 9.78 Å². The highest BCUT2D eigenvalue weighted by Gasteiger charge is 2.20. The second kappa shape index (κ2) is 7.96. The number of aromatic nitrogens is 2. The Morgan fingerprint density at radius 2 is 2.08 bits per heavy atom. The SMILES string of the molecule is CC(C)n1nccc1C1=C(COc2ccc(Cl)c(O)c2C=O)CCCC1. The van der Waals surface area contributed by atoms with Crippen LogP contribution in [0.25, 0.3) is 5.57 Å². The van der Waals surface area contributed by atoms with Gasteiger partial charge in [-0.2, -0.15) is 5.10 Å². The Morgan fingerprint density at radius 3 is 2.81 bits per heavy atom. The normalized spacial score (nSPS) is 14.8. The topological polar surface area (TPSA) is 64.3 Å². The highest BCUT2D eigenvalue weighted by molar-refractivity contribution is 6.32. The lowest BCUT2D eigenvalue weighted by atomic mass is 9.90. The molecule has 0 atom stereocenters. The maximum absolute atomic E-state index is 11.3. The number of benzene rings is 1. The van der Waals surface area contributed by atoms with E-state index in [1.807, 2.05) is 16.9 Å². The number of ether oxygens (including phenoxy) is 1. The van der Waals surface area contributed by atoms with Gasteiger partial charge in [0.25, 0.3) is 0 Å². The fraction of sp³-hybridized carbons (Fsp3) is 0.400. The van der Waals surface area contributed by atoms with E-state index in [1.54, 1.807) is 6.07 Å². The van der Waals surface area contributed by atoms with Gasteiger partial charge in [-0.05, 0) is 68.9 Å². The average molecular weight is 375 g/mol. The van der Waals surface area contributed by atoms with E-state index < -0.39 is 0 Å². The van der Waals surface area contributed by atoms with Crippen LogP contribution in [-0.4, -0.2) is 27.8 Å². The van der Waals surface area contributed by atoms with Gasteiger partial charge in [0.15, 0.2) is 6.29 Å². The average Bonchev–Trinajstić information content (AvgIpc) is 3.13. The van der Waals surface area contributed by atoms with Gasteiger partial charge in [0, 0.05) is 12.2 Å². The number of allylic oxidation sites excluding steroid dienone is 1. The molecule has 1 heterocycles. The summed E-state index contributed by atoms with van der Waals surface area (Å²) in [5.41, 5.74) is 3.70. The van der Waals surface area contributed by atoms with Crippen LogP contribution in [0, 0.1) is 0 Å². The van der Waals surface area contributed by atoms with Crippen LogP contribution in [0.4, 0.5) is 0 Å².